The Morgan fingerprint density at radius 2 is 2.12 bits per heavy atom. The molecule has 0 aliphatic carbocycles. The molecular formula is C11H17N3O2. The van der Waals surface area contributed by atoms with Crippen molar-refractivity contribution < 1.29 is 4.92 Å². The van der Waals surface area contributed by atoms with E-state index in [1.54, 1.807) is 12.1 Å². The molecule has 0 aliphatic rings. The first-order chi connectivity index (χ1) is 7.61. The van der Waals surface area contributed by atoms with Crippen LogP contribution in [0.3, 0.4) is 0 Å². The lowest BCUT2D eigenvalue weighted by Gasteiger charge is -2.18. The zero-order valence-corrected chi connectivity index (χ0v) is 9.86. The van der Waals surface area contributed by atoms with Gasteiger partial charge in [-0.25, -0.2) is 0 Å². The molecule has 1 N–H and O–H groups in total. The summed E-state index contributed by atoms with van der Waals surface area (Å²) in [5.74, 6) is 0. The van der Waals surface area contributed by atoms with Crippen molar-refractivity contribution in [2.45, 2.75) is 13.8 Å². The Morgan fingerprint density at radius 3 is 2.62 bits per heavy atom. The van der Waals surface area contributed by atoms with Gasteiger partial charge in [-0.2, -0.15) is 0 Å². The predicted molar refractivity (Wildman–Crippen MR) is 66.2 cm³/mol. The summed E-state index contributed by atoms with van der Waals surface area (Å²) in [5, 5.41) is 14.1. The summed E-state index contributed by atoms with van der Waals surface area (Å²) in [6.07, 6.45) is 0. The summed E-state index contributed by atoms with van der Waals surface area (Å²) >= 11 is 0. The van der Waals surface area contributed by atoms with Gasteiger partial charge in [0.2, 0.25) is 0 Å². The van der Waals surface area contributed by atoms with Crippen molar-refractivity contribution in [1.29, 1.82) is 0 Å². The number of nitro groups is 1. The molecule has 1 aromatic rings. The minimum atomic E-state index is -0.334. The average Bonchev–Trinajstić information content (AvgIpc) is 2.27. The smallest absolute Gasteiger partial charge is 0.315 e. The summed E-state index contributed by atoms with van der Waals surface area (Å²) in [6.45, 7) is 5.28. The average molecular weight is 223 g/mol. The summed E-state index contributed by atoms with van der Waals surface area (Å²) in [4.78, 5) is 12.6. The fourth-order valence-electron chi connectivity index (χ4n) is 1.53. The quantitative estimate of drug-likeness (QED) is 0.615. The van der Waals surface area contributed by atoms with E-state index in [-0.39, 0.29) is 10.6 Å². The van der Waals surface area contributed by atoms with Crippen molar-refractivity contribution >= 4 is 17.1 Å². The largest absolute Gasteiger partial charge is 0.380 e. The topological polar surface area (TPSA) is 58.4 Å². The Kier molecular flexibility index (Phi) is 4.10. The third kappa shape index (κ3) is 2.42. The molecule has 88 valence electrons. The van der Waals surface area contributed by atoms with Crippen molar-refractivity contribution in [2.75, 3.05) is 30.4 Å². The first-order valence-electron chi connectivity index (χ1n) is 5.34. The van der Waals surface area contributed by atoms with E-state index in [4.69, 9.17) is 0 Å². The van der Waals surface area contributed by atoms with Crippen LogP contribution in [0.15, 0.2) is 18.2 Å². The minimum absolute atomic E-state index is 0.147. The minimum Gasteiger partial charge on any atom is -0.380 e. The summed E-state index contributed by atoms with van der Waals surface area (Å²) in [6, 6.07) is 5.32. The molecule has 0 amide bonds. The van der Waals surface area contributed by atoms with Crippen LogP contribution in [0.4, 0.5) is 17.1 Å². The van der Waals surface area contributed by atoms with Crippen LogP contribution in [0.5, 0.6) is 0 Å². The van der Waals surface area contributed by atoms with E-state index in [2.05, 4.69) is 5.32 Å². The van der Waals surface area contributed by atoms with Gasteiger partial charge < -0.3 is 10.2 Å². The number of benzene rings is 1. The van der Waals surface area contributed by atoms with E-state index in [1.807, 2.05) is 31.9 Å². The normalized spacial score (nSPS) is 9.94. The highest BCUT2D eigenvalue weighted by molar-refractivity contribution is 5.76. The van der Waals surface area contributed by atoms with Gasteiger partial charge >= 0.3 is 5.69 Å². The number of hydrogen-bond acceptors (Lipinski definition) is 4. The summed E-state index contributed by atoms with van der Waals surface area (Å²) in [5.41, 5.74) is 1.37. The lowest BCUT2D eigenvalue weighted by atomic mass is 10.2. The number of nitrogens with zero attached hydrogens (tertiary/aromatic N) is 2. The lowest BCUT2D eigenvalue weighted by molar-refractivity contribution is -0.383. The van der Waals surface area contributed by atoms with Crippen molar-refractivity contribution in [2.24, 2.45) is 0 Å². The number of hydrogen-bond donors (Lipinski definition) is 1. The molecule has 1 aromatic carbocycles. The highest BCUT2D eigenvalue weighted by atomic mass is 16.6. The van der Waals surface area contributed by atoms with Crippen LogP contribution in [-0.4, -0.2) is 25.1 Å². The van der Waals surface area contributed by atoms with Crippen LogP contribution >= 0.6 is 0 Å². The van der Waals surface area contributed by atoms with Crippen molar-refractivity contribution in [3.63, 3.8) is 0 Å². The predicted octanol–water partition coefficient (Wildman–Crippen LogP) is 2.48. The second kappa shape index (κ2) is 5.34. The van der Waals surface area contributed by atoms with E-state index < -0.39 is 0 Å². The number of nitro benzene ring substituents is 1. The fourth-order valence-corrected chi connectivity index (χ4v) is 1.53. The van der Waals surface area contributed by atoms with Gasteiger partial charge in [-0.15, -0.1) is 0 Å². The van der Waals surface area contributed by atoms with Crippen LogP contribution in [0.2, 0.25) is 0 Å². The summed E-state index contributed by atoms with van der Waals surface area (Å²) in [7, 11) is 1.85. The number of nitrogens with one attached hydrogen (secondary N) is 1. The molecule has 5 heteroatoms. The highest BCUT2D eigenvalue weighted by Gasteiger charge is 2.20. The molecule has 0 saturated heterocycles. The molecule has 0 aliphatic heterocycles. The molecule has 0 radical (unpaired) electrons. The van der Waals surface area contributed by atoms with Crippen molar-refractivity contribution in [1.82, 2.24) is 0 Å². The molecule has 0 spiro atoms. The van der Waals surface area contributed by atoms with Gasteiger partial charge in [-0.1, -0.05) is 6.07 Å². The lowest BCUT2D eigenvalue weighted by Crippen LogP contribution is -2.17. The van der Waals surface area contributed by atoms with Gasteiger partial charge in [0.25, 0.3) is 0 Å². The zero-order valence-electron chi connectivity index (χ0n) is 9.86. The Labute approximate surface area is 95.2 Å². The molecule has 0 heterocycles. The van der Waals surface area contributed by atoms with Gasteiger partial charge in [0.15, 0.2) is 0 Å². The van der Waals surface area contributed by atoms with Gasteiger partial charge in [-0.05, 0) is 26.0 Å². The maximum Gasteiger partial charge on any atom is 0.315 e. The standard InChI is InChI=1S/C11H17N3O2/c1-4-12-9-7-6-8-10(13(3)5-2)11(9)14(15)16/h6-8,12H,4-5H2,1-3H3. The van der Waals surface area contributed by atoms with Gasteiger partial charge in [-0.3, -0.25) is 10.1 Å². The second-order valence-electron chi connectivity index (χ2n) is 3.47. The molecule has 16 heavy (non-hydrogen) atoms. The molecule has 0 fully saturated rings. The maximum absolute atomic E-state index is 11.1. The molecule has 0 bridgehead atoms. The van der Waals surface area contributed by atoms with Gasteiger partial charge in [0.1, 0.15) is 11.4 Å². The van der Waals surface area contributed by atoms with Crippen LogP contribution in [-0.2, 0) is 0 Å². The fraction of sp³-hybridized carbons (Fsp3) is 0.455. The van der Waals surface area contributed by atoms with Crippen LogP contribution in [0.1, 0.15) is 13.8 Å². The Balaban J connectivity index is 3.26. The van der Waals surface area contributed by atoms with E-state index in [0.717, 1.165) is 6.54 Å². The molecule has 0 aromatic heterocycles. The second-order valence-corrected chi connectivity index (χ2v) is 3.47. The Hall–Kier alpha value is -1.78. The number of rotatable bonds is 5. The molecule has 1 rings (SSSR count). The molecule has 0 atom stereocenters. The highest BCUT2D eigenvalue weighted by Crippen LogP contribution is 2.34. The third-order valence-corrected chi connectivity index (χ3v) is 2.45. The first-order valence-corrected chi connectivity index (χ1v) is 5.34. The van der Waals surface area contributed by atoms with Crippen molar-refractivity contribution in [3.8, 4) is 0 Å². The molecule has 0 unspecified atom stereocenters. The van der Waals surface area contributed by atoms with Crippen molar-refractivity contribution in [3.05, 3.63) is 28.3 Å². The van der Waals surface area contributed by atoms with Crippen LogP contribution in [0.25, 0.3) is 0 Å². The van der Waals surface area contributed by atoms with E-state index in [9.17, 15) is 10.1 Å². The molecular weight excluding hydrogens is 206 g/mol. The monoisotopic (exact) mass is 223 g/mol. The Morgan fingerprint density at radius 1 is 1.44 bits per heavy atom. The molecule has 0 saturated carbocycles. The van der Waals surface area contributed by atoms with Crippen LogP contribution < -0.4 is 10.2 Å². The zero-order chi connectivity index (χ0) is 12.1. The van der Waals surface area contributed by atoms with E-state index >= 15 is 0 Å². The van der Waals surface area contributed by atoms with E-state index in [0.29, 0.717) is 17.9 Å². The maximum atomic E-state index is 11.1. The molecule has 5 nitrogen and oxygen atoms in total. The van der Waals surface area contributed by atoms with Gasteiger partial charge in [0.05, 0.1) is 4.92 Å². The third-order valence-electron chi connectivity index (χ3n) is 2.45. The summed E-state index contributed by atoms with van der Waals surface area (Å²) < 4.78 is 0. The number of anilines is 2. The van der Waals surface area contributed by atoms with E-state index in [1.165, 1.54) is 0 Å². The van der Waals surface area contributed by atoms with Crippen LogP contribution in [0, 0.1) is 10.1 Å². The number of para-hydroxylation sites is 1. The SMILES string of the molecule is CCNc1cccc(N(C)CC)c1[N+](=O)[O-]. The Bertz CT molecular complexity index is 379. The van der Waals surface area contributed by atoms with Gasteiger partial charge in [0, 0.05) is 20.1 Å². The first kappa shape index (κ1) is 12.3.